The van der Waals surface area contributed by atoms with Gasteiger partial charge < -0.3 is 15.2 Å². The molecular weight excluding hydrogens is 456 g/mol. The maximum absolute atomic E-state index is 12.8. The number of phenolic OH excluding ortho intramolecular Hbond substituents is 1. The third-order valence-corrected chi connectivity index (χ3v) is 6.27. The second-order valence-electron chi connectivity index (χ2n) is 7.60. The smallest absolute Gasteiger partial charge is 0.338 e. The largest absolute Gasteiger partial charge is 0.508 e. The molecule has 3 aromatic carbocycles. The summed E-state index contributed by atoms with van der Waals surface area (Å²) in [6, 6.07) is 18.4. The van der Waals surface area contributed by atoms with Gasteiger partial charge in [0.2, 0.25) is 0 Å². The average Bonchev–Trinajstić information content (AvgIpc) is 2.83. The van der Waals surface area contributed by atoms with Crippen molar-refractivity contribution in [2.75, 3.05) is 16.6 Å². The highest BCUT2D eigenvalue weighted by molar-refractivity contribution is 7.92. The van der Waals surface area contributed by atoms with Gasteiger partial charge in [-0.1, -0.05) is 31.5 Å². The predicted octanol–water partition coefficient (Wildman–Crippen LogP) is 4.33. The van der Waals surface area contributed by atoms with Crippen molar-refractivity contribution in [1.82, 2.24) is 0 Å². The van der Waals surface area contributed by atoms with Crippen molar-refractivity contribution in [3.63, 3.8) is 0 Å². The van der Waals surface area contributed by atoms with Gasteiger partial charge in [0.05, 0.1) is 10.5 Å². The van der Waals surface area contributed by atoms with Gasteiger partial charge in [0, 0.05) is 11.4 Å². The Bertz CT molecular complexity index is 1240. The number of amides is 1. The molecule has 0 unspecified atom stereocenters. The molecule has 8 nitrogen and oxygen atoms in total. The van der Waals surface area contributed by atoms with Crippen LogP contribution in [0.2, 0.25) is 0 Å². The molecule has 1 amide bonds. The number of aromatic hydroxyl groups is 1. The van der Waals surface area contributed by atoms with Crippen molar-refractivity contribution in [1.29, 1.82) is 0 Å². The minimum Gasteiger partial charge on any atom is -0.508 e. The number of rotatable bonds is 10. The van der Waals surface area contributed by atoms with Crippen LogP contribution in [0, 0.1) is 0 Å². The van der Waals surface area contributed by atoms with Gasteiger partial charge in [0.1, 0.15) is 5.75 Å². The fraction of sp³-hybridized carbons (Fsp3) is 0.200. The number of ether oxygens (including phenoxy) is 1. The first-order chi connectivity index (χ1) is 16.3. The van der Waals surface area contributed by atoms with Gasteiger partial charge in [-0.15, -0.1) is 0 Å². The second-order valence-corrected chi connectivity index (χ2v) is 9.29. The number of hydrogen-bond donors (Lipinski definition) is 3. The number of anilines is 2. The molecule has 0 aliphatic rings. The summed E-state index contributed by atoms with van der Waals surface area (Å²) in [6.07, 6.45) is 3.07. The minimum atomic E-state index is -3.93. The van der Waals surface area contributed by atoms with E-state index < -0.39 is 28.5 Å². The molecule has 0 saturated heterocycles. The molecule has 0 heterocycles. The van der Waals surface area contributed by atoms with E-state index in [1.165, 1.54) is 48.5 Å². The lowest BCUT2D eigenvalue weighted by atomic mass is 10.1. The summed E-state index contributed by atoms with van der Waals surface area (Å²) in [5.74, 6) is -1.36. The van der Waals surface area contributed by atoms with Crippen LogP contribution in [0.3, 0.4) is 0 Å². The third-order valence-electron chi connectivity index (χ3n) is 4.89. The molecule has 0 bridgehead atoms. The summed E-state index contributed by atoms with van der Waals surface area (Å²) in [6.45, 7) is 1.55. The Morgan fingerprint density at radius 3 is 2.29 bits per heavy atom. The highest BCUT2D eigenvalue weighted by Crippen LogP contribution is 2.19. The lowest BCUT2D eigenvalue weighted by molar-refractivity contribution is -0.119. The van der Waals surface area contributed by atoms with E-state index in [-0.39, 0.29) is 16.2 Å². The number of sulfonamides is 1. The molecule has 0 spiro atoms. The average molecular weight is 483 g/mol. The van der Waals surface area contributed by atoms with Crippen molar-refractivity contribution in [3.05, 3.63) is 83.9 Å². The van der Waals surface area contributed by atoms with Crippen LogP contribution in [-0.2, 0) is 26.0 Å². The molecule has 0 saturated carbocycles. The molecule has 0 aliphatic heterocycles. The Labute approximate surface area is 198 Å². The zero-order valence-electron chi connectivity index (χ0n) is 18.7. The molecule has 178 valence electrons. The Kier molecular flexibility index (Phi) is 8.26. The van der Waals surface area contributed by atoms with Gasteiger partial charge in [-0.3, -0.25) is 9.52 Å². The lowest BCUT2D eigenvalue weighted by Gasteiger charge is -2.10. The Balaban J connectivity index is 1.60. The first-order valence-electron chi connectivity index (χ1n) is 10.7. The lowest BCUT2D eigenvalue weighted by Crippen LogP contribution is -2.21. The van der Waals surface area contributed by atoms with Gasteiger partial charge in [-0.25, -0.2) is 13.2 Å². The Morgan fingerprint density at radius 1 is 0.941 bits per heavy atom. The first-order valence-corrected chi connectivity index (χ1v) is 12.2. The fourth-order valence-electron chi connectivity index (χ4n) is 3.08. The van der Waals surface area contributed by atoms with Crippen LogP contribution in [-0.4, -0.2) is 32.0 Å². The minimum absolute atomic E-state index is 0.00442. The predicted molar refractivity (Wildman–Crippen MR) is 129 cm³/mol. The van der Waals surface area contributed by atoms with Crippen LogP contribution in [0.4, 0.5) is 11.4 Å². The Morgan fingerprint density at radius 2 is 1.62 bits per heavy atom. The zero-order valence-corrected chi connectivity index (χ0v) is 19.5. The zero-order chi connectivity index (χ0) is 24.6. The van der Waals surface area contributed by atoms with Gasteiger partial charge in [-0.05, 0) is 73.0 Å². The number of phenols is 1. The Hall–Kier alpha value is -3.85. The SMILES string of the molecule is CCCCc1ccc(NS(=O)(=O)c2cccc(C(=O)OCC(=O)Nc3ccc(O)cc3)c2)cc1. The van der Waals surface area contributed by atoms with E-state index in [1.807, 2.05) is 12.1 Å². The number of benzene rings is 3. The van der Waals surface area contributed by atoms with Gasteiger partial charge in [0.25, 0.3) is 15.9 Å². The molecule has 34 heavy (non-hydrogen) atoms. The fourth-order valence-corrected chi connectivity index (χ4v) is 4.18. The van der Waals surface area contributed by atoms with Crippen LogP contribution in [0.15, 0.2) is 77.7 Å². The van der Waals surface area contributed by atoms with E-state index in [2.05, 4.69) is 17.0 Å². The van der Waals surface area contributed by atoms with E-state index in [1.54, 1.807) is 12.1 Å². The number of unbranched alkanes of at least 4 members (excludes halogenated alkanes) is 1. The maximum Gasteiger partial charge on any atom is 0.338 e. The van der Waals surface area contributed by atoms with E-state index in [9.17, 15) is 23.1 Å². The van der Waals surface area contributed by atoms with Crippen LogP contribution in [0.5, 0.6) is 5.75 Å². The monoisotopic (exact) mass is 482 g/mol. The summed E-state index contributed by atoms with van der Waals surface area (Å²) >= 11 is 0. The van der Waals surface area contributed by atoms with Crippen LogP contribution >= 0.6 is 0 Å². The number of hydrogen-bond acceptors (Lipinski definition) is 6. The van der Waals surface area contributed by atoms with Crippen molar-refractivity contribution in [3.8, 4) is 5.75 Å². The molecule has 9 heteroatoms. The van der Waals surface area contributed by atoms with E-state index in [4.69, 9.17) is 4.74 Å². The topological polar surface area (TPSA) is 122 Å². The molecule has 3 rings (SSSR count). The van der Waals surface area contributed by atoms with Crippen LogP contribution < -0.4 is 10.0 Å². The van der Waals surface area contributed by atoms with Gasteiger partial charge >= 0.3 is 5.97 Å². The highest BCUT2D eigenvalue weighted by atomic mass is 32.2. The first kappa shape index (κ1) is 24.8. The standard InChI is InChI=1S/C25H26N2O6S/c1-2-3-5-18-8-10-21(11-9-18)27-34(31,32)23-7-4-6-19(16-23)25(30)33-17-24(29)26-20-12-14-22(28)15-13-20/h4,6-16,27-28H,2-3,5,17H2,1H3,(H,26,29). The number of carbonyl (C=O) groups excluding carboxylic acids is 2. The molecule has 0 atom stereocenters. The van der Waals surface area contributed by atoms with E-state index >= 15 is 0 Å². The summed E-state index contributed by atoms with van der Waals surface area (Å²) in [4.78, 5) is 24.2. The number of carbonyl (C=O) groups is 2. The van der Waals surface area contributed by atoms with Crippen LogP contribution in [0.25, 0.3) is 0 Å². The van der Waals surface area contributed by atoms with E-state index in [0.29, 0.717) is 11.4 Å². The molecule has 0 aliphatic carbocycles. The highest BCUT2D eigenvalue weighted by Gasteiger charge is 2.18. The quantitative estimate of drug-likeness (QED) is 0.292. The second kappa shape index (κ2) is 11.3. The molecule has 0 radical (unpaired) electrons. The van der Waals surface area contributed by atoms with Gasteiger partial charge in [0.15, 0.2) is 6.61 Å². The van der Waals surface area contributed by atoms with Crippen molar-refractivity contribution in [2.24, 2.45) is 0 Å². The van der Waals surface area contributed by atoms with Crippen molar-refractivity contribution < 1.29 is 27.9 Å². The molecule has 3 aromatic rings. The van der Waals surface area contributed by atoms with Crippen molar-refractivity contribution >= 4 is 33.3 Å². The van der Waals surface area contributed by atoms with Gasteiger partial charge in [-0.2, -0.15) is 0 Å². The number of aryl methyl sites for hydroxylation is 1. The molecule has 0 fully saturated rings. The third kappa shape index (κ3) is 7.08. The molecular formula is C25H26N2O6S. The maximum atomic E-state index is 12.8. The molecule has 0 aromatic heterocycles. The van der Waals surface area contributed by atoms with Crippen molar-refractivity contribution in [2.45, 2.75) is 31.1 Å². The number of esters is 1. The van der Waals surface area contributed by atoms with Crippen LogP contribution in [0.1, 0.15) is 35.7 Å². The molecule has 3 N–H and O–H groups in total. The van der Waals surface area contributed by atoms with E-state index in [0.717, 1.165) is 24.8 Å². The summed E-state index contributed by atoms with van der Waals surface area (Å²) in [5.41, 5.74) is 1.97. The summed E-state index contributed by atoms with van der Waals surface area (Å²) in [7, 11) is -3.93. The number of nitrogens with one attached hydrogen (secondary N) is 2. The summed E-state index contributed by atoms with van der Waals surface area (Å²) < 4.78 is 33.1. The normalized spacial score (nSPS) is 11.0. The summed E-state index contributed by atoms with van der Waals surface area (Å²) in [5, 5.41) is 11.8.